The van der Waals surface area contributed by atoms with Crippen molar-refractivity contribution in [2.45, 2.75) is 277 Å². The molecule has 9 heteroatoms. The monoisotopic (exact) mass is 1010 g/mol. The van der Waals surface area contributed by atoms with Gasteiger partial charge in [-0.25, -0.2) is 0 Å². The van der Waals surface area contributed by atoms with E-state index < -0.39 is 24.3 Å². The highest BCUT2D eigenvalue weighted by atomic mass is 16.7. The second kappa shape index (κ2) is 54.3. The number of nitrogens with zero attached hydrogens (tertiary/aromatic N) is 1. The van der Waals surface area contributed by atoms with Crippen LogP contribution in [0.5, 0.6) is 0 Å². The number of carbonyl (C=O) groups is 3. The van der Waals surface area contributed by atoms with Crippen molar-refractivity contribution in [1.82, 2.24) is 0 Å². The summed E-state index contributed by atoms with van der Waals surface area (Å²) in [4.78, 5) is 37.0. The molecule has 0 aliphatic heterocycles. The van der Waals surface area contributed by atoms with E-state index in [1.165, 1.54) is 167 Å². The number of rotatable bonds is 55. The summed E-state index contributed by atoms with van der Waals surface area (Å²) in [6.45, 7) is 4.61. The lowest BCUT2D eigenvalue weighted by Crippen LogP contribution is -2.44. The first-order valence-corrected chi connectivity index (χ1v) is 29.9. The molecule has 72 heavy (non-hydrogen) atoms. The van der Waals surface area contributed by atoms with Crippen molar-refractivity contribution < 1.29 is 42.9 Å². The largest absolute Gasteiger partial charge is 0.545 e. The highest BCUT2D eigenvalue weighted by molar-refractivity contribution is 5.70. The van der Waals surface area contributed by atoms with Gasteiger partial charge in [0.2, 0.25) is 0 Å². The molecular formula is C63H113NO8. The van der Waals surface area contributed by atoms with Gasteiger partial charge < -0.3 is 33.3 Å². The molecule has 0 radical (unpaired) electrons. The molecule has 0 bridgehead atoms. The fourth-order valence-corrected chi connectivity index (χ4v) is 8.45. The third-order valence-corrected chi connectivity index (χ3v) is 13.0. The fourth-order valence-electron chi connectivity index (χ4n) is 8.45. The second-order valence-corrected chi connectivity index (χ2v) is 21.3. The molecule has 0 saturated carbocycles. The highest BCUT2D eigenvalue weighted by Crippen LogP contribution is 2.17. The van der Waals surface area contributed by atoms with Gasteiger partial charge in [-0.1, -0.05) is 254 Å². The Hall–Kier alpha value is -3.01. The van der Waals surface area contributed by atoms with Crippen LogP contribution in [0.4, 0.5) is 0 Å². The van der Waals surface area contributed by atoms with E-state index in [4.69, 9.17) is 18.9 Å². The molecule has 0 fully saturated rings. The maximum absolute atomic E-state index is 12.8. The molecular weight excluding hydrogens is 899 g/mol. The van der Waals surface area contributed by atoms with Crippen molar-refractivity contribution in [1.29, 1.82) is 0 Å². The van der Waals surface area contributed by atoms with Crippen molar-refractivity contribution in [3.63, 3.8) is 0 Å². The zero-order valence-electron chi connectivity index (χ0n) is 47.5. The molecule has 0 saturated heterocycles. The lowest BCUT2D eigenvalue weighted by Gasteiger charge is -2.26. The maximum Gasteiger partial charge on any atom is 0.306 e. The molecule has 2 unspecified atom stereocenters. The van der Waals surface area contributed by atoms with Crippen LogP contribution in [0.15, 0.2) is 60.8 Å². The summed E-state index contributed by atoms with van der Waals surface area (Å²) >= 11 is 0. The van der Waals surface area contributed by atoms with Crippen molar-refractivity contribution in [3.05, 3.63) is 60.8 Å². The first kappa shape index (κ1) is 69.0. The third-order valence-electron chi connectivity index (χ3n) is 13.0. The Kier molecular flexibility index (Phi) is 52.0. The molecule has 0 rings (SSSR count). The maximum atomic E-state index is 12.8. The molecule has 0 spiro atoms. The number of hydrogen-bond donors (Lipinski definition) is 0. The summed E-state index contributed by atoms with van der Waals surface area (Å²) in [5, 5.41) is 11.7. The number of carboxylic acids is 1. The number of carbonyl (C=O) groups excluding carboxylic acids is 3. The topological polar surface area (TPSA) is 111 Å². The number of aliphatic carboxylic acids is 1. The van der Waals surface area contributed by atoms with Crippen LogP contribution in [0, 0.1) is 0 Å². The van der Waals surface area contributed by atoms with Crippen LogP contribution in [0.2, 0.25) is 0 Å². The Bertz CT molecular complexity index is 1360. The molecule has 418 valence electrons. The Balaban J connectivity index is 3.87. The minimum Gasteiger partial charge on any atom is -0.545 e. The molecule has 2 atom stereocenters. The number of quaternary nitrogens is 1. The molecule has 0 aliphatic carbocycles. The molecule has 9 nitrogen and oxygen atoms in total. The van der Waals surface area contributed by atoms with Crippen molar-refractivity contribution in [2.24, 2.45) is 0 Å². The Morgan fingerprint density at radius 2 is 0.792 bits per heavy atom. The molecule has 0 aliphatic rings. The number of ether oxygens (including phenoxy) is 4. The summed E-state index contributed by atoms with van der Waals surface area (Å²) < 4.78 is 22.6. The van der Waals surface area contributed by atoms with Gasteiger partial charge in [-0.05, 0) is 57.8 Å². The normalized spacial score (nSPS) is 13.2. The summed E-state index contributed by atoms with van der Waals surface area (Å²) in [6.07, 6.45) is 66.1. The van der Waals surface area contributed by atoms with E-state index in [1.54, 1.807) is 0 Å². The van der Waals surface area contributed by atoms with Gasteiger partial charge in [-0.15, -0.1) is 0 Å². The predicted octanol–water partition coefficient (Wildman–Crippen LogP) is 16.3. The van der Waals surface area contributed by atoms with Gasteiger partial charge in [-0.2, -0.15) is 0 Å². The van der Waals surface area contributed by atoms with E-state index in [0.717, 1.165) is 70.6 Å². The second-order valence-electron chi connectivity index (χ2n) is 21.3. The zero-order chi connectivity index (χ0) is 52.7. The van der Waals surface area contributed by atoms with Crippen LogP contribution in [0.3, 0.4) is 0 Å². The van der Waals surface area contributed by atoms with E-state index in [2.05, 4.69) is 74.6 Å². The molecule has 0 amide bonds. The van der Waals surface area contributed by atoms with Gasteiger partial charge in [0.15, 0.2) is 12.4 Å². The number of esters is 2. The Morgan fingerprint density at radius 3 is 1.18 bits per heavy atom. The number of allylic oxidation sites excluding steroid dienone is 10. The number of carboxylic acid groups (broad SMARTS) is 1. The van der Waals surface area contributed by atoms with E-state index in [-0.39, 0.29) is 32.2 Å². The van der Waals surface area contributed by atoms with Crippen LogP contribution >= 0.6 is 0 Å². The molecule has 0 aromatic rings. The first-order valence-electron chi connectivity index (χ1n) is 29.9. The Morgan fingerprint density at radius 1 is 0.431 bits per heavy atom. The summed E-state index contributed by atoms with van der Waals surface area (Å²) in [7, 11) is 5.92. The summed E-state index contributed by atoms with van der Waals surface area (Å²) in [5.41, 5.74) is 0. The van der Waals surface area contributed by atoms with Crippen LogP contribution in [-0.4, -0.2) is 82.3 Å². The van der Waals surface area contributed by atoms with Crippen molar-refractivity contribution in [2.75, 3.05) is 47.5 Å². The average molecular weight is 1010 g/mol. The number of likely N-dealkylation sites (N-methyl/N-ethyl adjacent to an activating group) is 1. The van der Waals surface area contributed by atoms with E-state index in [0.29, 0.717) is 17.4 Å². The van der Waals surface area contributed by atoms with E-state index >= 15 is 0 Å². The van der Waals surface area contributed by atoms with Gasteiger partial charge in [0, 0.05) is 12.8 Å². The highest BCUT2D eigenvalue weighted by Gasteiger charge is 2.22. The lowest BCUT2D eigenvalue weighted by molar-refractivity contribution is -0.870. The molecule has 0 aromatic carbocycles. The van der Waals surface area contributed by atoms with Crippen molar-refractivity contribution >= 4 is 17.9 Å². The molecule has 0 N–H and O–H groups in total. The zero-order valence-corrected chi connectivity index (χ0v) is 47.5. The van der Waals surface area contributed by atoms with Gasteiger partial charge >= 0.3 is 11.9 Å². The summed E-state index contributed by atoms with van der Waals surface area (Å²) in [5.74, 6) is -2.28. The standard InChI is InChI=1S/C63H113NO8/c1-6-8-10-12-14-16-17-18-19-20-21-22-23-24-25-26-27-28-29-30-31-32-33-34-35-36-37-38-39-40-41-42-43-44-45-46-48-50-52-54-61(66)72-59(58-71-63(62(67)68)69-56-55-64(3,4)5)57-70-60(65)53-51-49-47-15-13-11-9-7-2/h8,10,14,16,18-19,21-22,24-25,59,63H,6-7,9,11-13,15,17,20,23,26-58H2,1-5H3/b10-8-,16-14-,19-18-,22-21-,25-24-. The van der Waals surface area contributed by atoms with Crippen LogP contribution < -0.4 is 5.11 Å². The smallest absolute Gasteiger partial charge is 0.306 e. The van der Waals surface area contributed by atoms with Gasteiger partial charge in [0.05, 0.1) is 40.3 Å². The number of unbranched alkanes of at least 4 members (excludes halogenated alkanes) is 30. The molecule has 0 heterocycles. The van der Waals surface area contributed by atoms with Gasteiger partial charge in [-0.3, -0.25) is 9.59 Å². The first-order chi connectivity index (χ1) is 35.1. The third kappa shape index (κ3) is 54.8. The van der Waals surface area contributed by atoms with E-state index in [1.807, 2.05) is 21.1 Å². The van der Waals surface area contributed by atoms with Gasteiger partial charge in [0.25, 0.3) is 0 Å². The Labute approximate surface area is 444 Å². The SMILES string of the molecule is CC/C=C\C/C=C\C/C=C\C/C=C\C/C=C\CCCCCCCCCCCCCCCCCCCCCCCCCC(=O)OC(COC(=O)CCCCCCCCCC)COC(OCC[N+](C)(C)C)C(=O)[O-]. The fraction of sp³-hybridized carbons (Fsp3) is 0.794. The quantitative estimate of drug-likeness (QED) is 0.0195. The van der Waals surface area contributed by atoms with Gasteiger partial charge in [0.1, 0.15) is 13.2 Å². The van der Waals surface area contributed by atoms with Crippen molar-refractivity contribution in [3.8, 4) is 0 Å². The lowest BCUT2D eigenvalue weighted by atomic mass is 10.0. The van der Waals surface area contributed by atoms with Crippen LogP contribution in [-0.2, 0) is 33.3 Å². The minimum absolute atomic E-state index is 0.150. The predicted molar refractivity (Wildman–Crippen MR) is 302 cm³/mol. The van der Waals surface area contributed by atoms with Crippen LogP contribution in [0.25, 0.3) is 0 Å². The molecule has 0 aromatic heterocycles. The summed E-state index contributed by atoms with van der Waals surface area (Å²) in [6, 6.07) is 0. The average Bonchev–Trinajstić information content (AvgIpc) is 3.35. The van der Waals surface area contributed by atoms with Crippen LogP contribution in [0.1, 0.15) is 264 Å². The minimum atomic E-state index is -1.62. The number of hydrogen-bond acceptors (Lipinski definition) is 8. The van der Waals surface area contributed by atoms with E-state index in [9.17, 15) is 19.5 Å².